The summed E-state index contributed by atoms with van der Waals surface area (Å²) in [4.78, 5) is 11.8. The minimum atomic E-state index is -3.78. The second kappa shape index (κ2) is 8.10. The van der Waals surface area contributed by atoms with Gasteiger partial charge in [0.1, 0.15) is 0 Å². The maximum absolute atomic E-state index is 13.0. The summed E-state index contributed by atoms with van der Waals surface area (Å²) in [6, 6.07) is 5.88. The van der Waals surface area contributed by atoms with E-state index in [4.69, 9.17) is 5.73 Å². The van der Waals surface area contributed by atoms with Gasteiger partial charge in [-0.15, -0.1) is 12.4 Å². The van der Waals surface area contributed by atoms with Crippen LogP contribution in [0.5, 0.6) is 0 Å². The van der Waals surface area contributed by atoms with Crippen LogP contribution < -0.4 is 5.73 Å². The van der Waals surface area contributed by atoms with Crippen LogP contribution in [0.25, 0.3) is 0 Å². The van der Waals surface area contributed by atoms with Gasteiger partial charge >= 0.3 is 5.97 Å². The van der Waals surface area contributed by atoms with E-state index in [2.05, 4.69) is 11.7 Å². The van der Waals surface area contributed by atoms with Crippen molar-refractivity contribution in [3.8, 4) is 0 Å². The van der Waals surface area contributed by atoms with Gasteiger partial charge in [-0.1, -0.05) is 19.1 Å². The molecule has 2 atom stereocenters. The molecule has 1 aromatic carbocycles. The van der Waals surface area contributed by atoms with Crippen LogP contribution in [0.4, 0.5) is 0 Å². The van der Waals surface area contributed by atoms with E-state index in [-0.39, 0.29) is 35.5 Å². The zero-order valence-corrected chi connectivity index (χ0v) is 14.9. The maximum atomic E-state index is 13.0. The molecule has 8 heteroatoms. The van der Waals surface area contributed by atoms with Crippen molar-refractivity contribution in [2.75, 3.05) is 20.2 Å². The molecule has 6 nitrogen and oxygen atoms in total. The minimum Gasteiger partial charge on any atom is -0.465 e. The average Bonchev–Trinajstić information content (AvgIpc) is 2.53. The molecule has 1 heterocycles. The molecule has 0 saturated carbocycles. The second-order valence-electron chi connectivity index (χ2n) is 5.62. The van der Waals surface area contributed by atoms with Crippen LogP contribution in [0.3, 0.4) is 0 Å². The molecule has 0 aromatic heterocycles. The number of piperidine rings is 1. The highest BCUT2D eigenvalue weighted by Crippen LogP contribution is 2.29. The lowest BCUT2D eigenvalue weighted by atomic mass is 9.94. The van der Waals surface area contributed by atoms with Crippen LogP contribution in [-0.2, 0) is 14.8 Å². The van der Waals surface area contributed by atoms with Crippen molar-refractivity contribution in [2.45, 2.75) is 30.7 Å². The highest BCUT2D eigenvalue weighted by Gasteiger charge is 2.36. The summed E-state index contributed by atoms with van der Waals surface area (Å²) < 4.78 is 32.0. The number of halogens is 1. The first kappa shape index (κ1) is 19.9. The van der Waals surface area contributed by atoms with Crippen LogP contribution in [-0.4, -0.2) is 44.9 Å². The molecule has 1 aliphatic heterocycles. The Kier molecular flexibility index (Phi) is 7.01. The normalized spacial score (nSPS) is 22.2. The van der Waals surface area contributed by atoms with Crippen LogP contribution in [0.1, 0.15) is 30.1 Å². The predicted molar refractivity (Wildman–Crippen MR) is 90.2 cm³/mol. The van der Waals surface area contributed by atoms with Crippen molar-refractivity contribution >= 4 is 28.4 Å². The van der Waals surface area contributed by atoms with Gasteiger partial charge in [-0.3, -0.25) is 0 Å². The van der Waals surface area contributed by atoms with Crippen molar-refractivity contribution in [2.24, 2.45) is 11.7 Å². The zero-order valence-electron chi connectivity index (χ0n) is 13.3. The molecule has 1 saturated heterocycles. The molecule has 2 N–H and O–H groups in total. The Balaban J connectivity index is 0.00000264. The Bertz CT molecular complexity index is 651. The lowest BCUT2D eigenvalue weighted by Gasteiger charge is -2.37. The smallest absolute Gasteiger partial charge is 0.339 e. The number of carbonyl (C=O) groups excluding carboxylic acids is 1. The predicted octanol–water partition coefficient (Wildman–Crippen LogP) is 1.64. The van der Waals surface area contributed by atoms with Gasteiger partial charge in [0.2, 0.25) is 10.0 Å². The molecule has 2 unspecified atom stereocenters. The highest BCUT2D eigenvalue weighted by molar-refractivity contribution is 7.89. The average molecular weight is 363 g/mol. The van der Waals surface area contributed by atoms with Gasteiger partial charge in [-0.2, -0.15) is 4.31 Å². The van der Waals surface area contributed by atoms with E-state index in [0.29, 0.717) is 12.5 Å². The highest BCUT2D eigenvalue weighted by atomic mass is 35.5. The number of nitrogens with two attached hydrogens (primary N) is 1. The molecular weight excluding hydrogens is 340 g/mol. The maximum Gasteiger partial charge on any atom is 0.339 e. The number of sulfonamides is 1. The third-order valence-electron chi connectivity index (χ3n) is 4.08. The Labute approximate surface area is 143 Å². The van der Waals surface area contributed by atoms with Crippen LogP contribution >= 0.6 is 12.4 Å². The monoisotopic (exact) mass is 362 g/mol. The molecular formula is C15H23ClN2O4S. The molecule has 1 fully saturated rings. The van der Waals surface area contributed by atoms with Crippen molar-refractivity contribution in [3.05, 3.63) is 29.8 Å². The first-order valence-electron chi connectivity index (χ1n) is 7.31. The fraction of sp³-hybridized carbons (Fsp3) is 0.533. The molecule has 1 aliphatic rings. The summed E-state index contributed by atoms with van der Waals surface area (Å²) >= 11 is 0. The number of hydrogen-bond acceptors (Lipinski definition) is 5. The molecule has 0 spiro atoms. The lowest BCUT2D eigenvalue weighted by Crippen LogP contribution is -2.49. The largest absolute Gasteiger partial charge is 0.465 e. The molecule has 2 rings (SSSR count). The molecule has 0 radical (unpaired) electrons. The van der Waals surface area contributed by atoms with E-state index in [1.807, 2.05) is 0 Å². The number of hydrogen-bond donors (Lipinski definition) is 1. The van der Waals surface area contributed by atoms with E-state index in [0.717, 1.165) is 12.8 Å². The van der Waals surface area contributed by atoms with Crippen LogP contribution in [0.2, 0.25) is 0 Å². The topological polar surface area (TPSA) is 89.7 Å². The second-order valence-corrected chi connectivity index (χ2v) is 7.48. The number of benzene rings is 1. The molecule has 23 heavy (non-hydrogen) atoms. The van der Waals surface area contributed by atoms with E-state index in [1.165, 1.54) is 23.5 Å². The van der Waals surface area contributed by atoms with Crippen molar-refractivity contribution in [1.29, 1.82) is 0 Å². The SMILES string of the molecule is COC(=O)c1ccccc1S(=O)(=O)N1CCC(C)CC1CN.Cl. The Morgan fingerprint density at radius 3 is 2.65 bits per heavy atom. The molecule has 0 amide bonds. The number of nitrogens with zero attached hydrogens (tertiary/aromatic N) is 1. The number of methoxy groups -OCH3 is 1. The quantitative estimate of drug-likeness (QED) is 0.822. The van der Waals surface area contributed by atoms with Crippen molar-refractivity contribution in [1.82, 2.24) is 4.31 Å². The fourth-order valence-corrected chi connectivity index (χ4v) is 4.70. The summed E-state index contributed by atoms with van der Waals surface area (Å²) in [6.07, 6.45) is 1.52. The van der Waals surface area contributed by atoms with Gasteiger partial charge < -0.3 is 10.5 Å². The van der Waals surface area contributed by atoms with E-state index < -0.39 is 16.0 Å². The molecule has 0 bridgehead atoms. The zero-order chi connectivity index (χ0) is 16.3. The molecule has 0 aliphatic carbocycles. The van der Waals surface area contributed by atoms with E-state index in [1.54, 1.807) is 12.1 Å². The Hall–Kier alpha value is -1.15. The van der Waals surface area contributed by atoms with Crippen molar-refractivity contribution in [3.63, 3.8) is 0 Å². The number of rotatable bonds is 4. The first-order chi connectivity index (χ1) is 10.4. The van der Waals surface area contributed by atoms with Gasteiger partial charge in [0, 0.05) is 19.1 Å². The minimum absolute atomic E-state index is 0. The van der Waals surface area contributed by atoms with Gasteiger partial charge in [0.25, 0.3) is 0 Å². The van der Waals surface area contributed by atoms with Gasteiger partial charge in [-0.05, 0) is 30.9 Å². The van der Waals surface area contributed by atoms with Gasteiger partial charge in [0.05, 0.1) is 17.6 Å². The van der Waals surface area contributed by atoms with Crippen LogP contribution in [0.15, 0.2) is 29.2 Å². The summed E-state index contributed by atoms with van der Waals surface area (Å²) in [7, 11) is -2.55. The van der Waals surface area contributed by atoms with Gasteiger partial charge in [-0.25, -0.2) is 13.2 Å². The number of carbonyl (C=O) groups is 1. The van der Waals surface area contributed by atoms with Gasteiger partial charge in [0.15, 0.2) is 0 Å². The Morgan fingerprint density at radius 1 is 1.39 bits per heavy atom. The Morgan fingerprint density at radius 2 is 2.04 bits per heavy atom. The summed E-state index contributed by atoms with van der Waals surface area (Å²) in [5.74, 6) is -0.218. The van der Waals surface area contributed by atoms with Crippen LogP contribution in [0, 0.1) is 5.92 Å². The summed E-state index contributed by atoms with van der Waals surface area (Å²) in [6.45, 7) is 2.78. The third kappa shape index (κ3) is 4.03. The first-order valence-corrected chi connectivity index (χ1v) is 8.75. The molecule has 1 aromatic rings. The molecule has 130 valence electrons. The summed E-state index contributed by atoms with van der Waals surface area (Å²) in [5, 5.41) is 0. The third-order valence-corrected chi connectivity index (χ3v) is 6.09. The lowest BCUT2D eigenvalue weighted by molar-refractivity contribution is 0.0596. The fourth-order valence-electron chi connectivity index (χ4n) is 2.86. The number of esters is 1. The standard InChI is InChI=1S/C15H22N2O4S.ClH/c1-11-7-8-17(12(9-11)10-16)22(19,20)14-6-4-3-5-13(14)15(18)21-2;/h3-6,11-12H,7-10,16H2,1-2H3;1H. The van der Waals surface area contributed by atoms with E-state index in [9.17, 15) is 13.2 Å². The summed E-state index contributed by atoms with van der Waals surface area (Å²) in [5.41, 5.74) is 5.81. The van der Waals surface area contributed by atoms with Crippen molar-refractivity contribution < 1.29 is 17.9 Å². The number of ether oxygens (including phenoxy) is 1. The van der Waals surface area contributed by atoms with E-state index >= 15 is 0 Å².